The first-order chi connectivity index (χ1) is 20.8. The van der Waals surface area contributed by atoms with Crippen molar-refractivity contribution in [2.75, 3.05) is 31.5 Å². The van der Waals surface area contributed by atoms with Crippen molar-refractivity contribution in [1.82, 2.24) is 24.6 Å². The summed E-state index contributed by atoms with van der Waals surface area (Å²) in [6.45, 7) is 2.95. The van der Waals surface area contributed by atoms with E-state index in [1.807, 2.05) is 58.0 Å². The van der Waals surface area contributed by atoms with E-state index in [2.05, 4.69) is 32.4 Å². The van der Waals surface area contributed by atoms with Crippen LogP contribution >= 0.6 is 0 Å². The highest BCUT2D eigenvalue weighted by Gasteiger charge is 2.34. The number of carbonyl (C=O) groups excluding carboxylic acids is 1. The predicted octanol–water partition coefficient (Wildman–Crippen LogP) is 5.47. The minimum absolute atomic E-state index is 0.102. The van der Waals surface area contributed by atoms with Crippen molar-refractivity contribution in [3.05, 3.63) is 119 Å². The first-order valence-electron chi connectivity index (χ1n) is 13.8. The molecule has 10 heteroatoms. The second kappa shape index (κ2) is 12.1. The van der Waals surface area contributed by atoms with Gasteiger partial charge in [0.1, 0.15) is 17.2 Å². The van der Waals surface area contributed by atoms with Gasteiger partial charge in [0, 0.05) is 56.2 Å². The lowest BCUT2D eigenvalue weighted by atomic mass is 10.0. The number of aromatic nitrogens is 3. The molecule has 1 aliphatic heterocycles. The van der Waals surface area contributed by atoms with E-state index in [-0.39, 0.29) is 23.5 Å². The molecule has 6 rings (SSSR count). The molecule has 0 radical (unpaired) electrons. The maximum absolute atomic E-state index is 13.9. The van der Waals surface area contributed by atoms with Gasteiger partial charge in [0.2, 0.25) is 0 Å². The van der Waals surface area contributed by atoms with E-state index in [9.17, 15) is 18.0 Å². The summed E-state index contributed by atoms with van der Waals surface area (Å²) < 4.78 is 43.7. The fourth-order valence-electron chi connectivity index (χ4n) is 5.01. The lowest BCUT2D eigenvalue weighted by Gasteiger charge is -2.28. The fourth-order valence-corrected chi connectivity index (χ4v) is 5.01. The molecule has 0 unspecified atom stereocenters. The molecule has 1 aliphatic rings. The third-order valence-corrected chi connectivity index (χ3v) is 7.24. The van der Waals surface area contributed by atoms with Crippen molar-refractivity contribution >= 4 is 17.4 Å². The van der Waals surface area contributed by atoms with Gasteiger partial charge in [-0.05, 0) is 59.0 Å². The van der Waals surface area contributed by atoms with E-state index in [1.54, 1.807) is 18.3 Å². The minimum Gasteiger partial charge on any atom is -0.314 e. The highest BCUT2D eigenvalue weighted by Crippen LogP contribution is 2.33. The smallest absolute Gasteiger partial charge is 0.314 e. The van der Waals surface area contributed by atoms with Gasteiger partial charge in [-0.3, -0.25) is 14.1 Å². The molecule has 0 aliphatic carbocycles. The Bertz CT molecular complexity index is 1830. The third-order valence-electron chi connectivity index (χ3n) is 7.24. The number of pyridine rings is 2. The molecular weight excluding hydrogens is 553 g/mol. The zero-order chi connectivity index (χ0) is 29.8. The highest BCUT2D eigenvalue weighted by molar-refractivity contribution is 6.04. The first-order valence-corrected chi connectivity index (χ1v) is 13.8. The summed E-state index contributed by atoms with van der Waals surface area (Å²) in [5.41, 5.74) is 3.37. The first kappa shape index (κ1) is 28.2. The molecule has 1 amide bonds. The summed E-state index contributed by atoms with van der Waals surface area (Å²) in [7, 11) is 0. The number of fused-ring (bicyclic) bond motifs is 1. The number of hydrogen-bond acceptors (Lipinski definition) is 5. The molecule has 43 heavy (non-hydrogen) atoms. The summed E-state index contributed by atoms with van der Waals surface area (Å²) in [6, 6.07) is 21.0. The molecule has 5 aromatic rings. The van der Waals surface area contributed by atoms with Gasteiger partial charge in [0.25, 0.3) is 5.91 Å². The van der Waals surface area contributed by atoms with Crippen LogP contribution in [0.5, 0.6) is 0 Å². The number of nitrogens with zero attached hydrogens (tertiary/aromatic N) is 4. The van der Waals surface area contributed by atoms with Crippen LogP contribution in [-0.2, 0) is 12.7 Å². The zero-order valence-corrected chi connectivity index (χ0v) is 23.0. The molecule has 3 aromatic heterocycles. The summed E-state index contributed by atoms with van der Waals surface area (Å²) in [6.07, 6.45) is 0.495. The van der Waals surface area contributed by atoms with E-state index in [1.165, 1.54) is 18.3 Å². The van der Waals surface area contributed by atoms with Crippen molar-refractivity contribution in [1.29, 1.82) is 0 Å². The Hall–Kier alpha value is -4.98. The van der Waals surface area contributed by atoms with Gasteiger partial charge < -0.3 is 10.6 Å². The van der Waals surface area contributed by atoms with Crippen molar-refractivity contribution in [2.45, 2.75) is 12.7 Å². The summed E-state index contributed by atoms with van der Waals surface area (Å²) >= 11 is 0. The number of imidazole rings is 1. The zero-order valence-electron chi connectivity index (χ0n) is 23.0. The Morgan fingerprint density at radius 2 is 1.74 bits per heavy atom. The molecule has 2 N–H and O–H groups in total. The van der Waals surface area contributed by atoms with Crippen LogP contribution in [0.4, 0.5) is 19.0 Å². The molecular formula is C33H27F3N6O. The lowest BCUT2D eigenvalue weighted by molar-refractivity contribution is -0.138. The number of hydrogen-bond donors (Lipinski definition) is 2. The van der Waals surface area contributed by atoms with E-state index in [4.69, 9.17) is 0 Å². The molecule has 1 fully saturated rings. The monoisotopic (exact) mass is 580 g/mol. The van der Waals surface area contributed by atoms with Crippen molar-refractivity contribution in [2.24, 2.45) is 0 Å². The van der Waals surface area contributed by atoms with Crippen molar-refractivity contribution in [3.63, 3.8) is 0 Å². The van der Waals surface area contributed by atoms with Crippen LogP contribution in [0.15, 0.2) is 91.4 Å². The topological polar surface area (TPSA) is 74.6 Å². The van der Waals surface area contributed by atoms with Crippen LogP contribution in [0.2, 0.25) is 0 Å². The van der Waals surface area contributed by atoms with Gasteiger partial charge in [0.15, 0.2) is 0 Å². The third kappa shape index (κ3) is 6.59. The second-order valence-corrected chi connectivity index (χ2v) is 10.2. The minimum atomic E-state index is -4.59. The summed E-state index contributed by atoms with van der Waals surface area (Å²) in [4.78, 5) is 23.5. The Balaban J connectivity index is 1.18. The second-order valence-electron chi connectivity index (χ2n) is 10.2. The average Bonchev–Trinajstić information content (AvgIpc) is 3.43. The largest absolute Gasteiger partial charge is 0.416 e. The van der Waals surface area contributed by atoms with Crippen LogP contribution in [0.25, 0.3) is 16.8 Å². The lowest BCUT2D eigenvalue weighted by Crippen LogP contribution is -2.43. The van der Waals surface area contributed by atoms with Gasteiger partial charge in [0.05, 0.1) is 11.8 Å². The SMILES string of the molecule is O=C(Nc1cc(C#Cc2cnc3cc(-c4ccccc4)ccn23)ccn1)c1ccc(CN2CCNCC2)c(C(F)(F)F)c1. The average molecular weight is 581 g/mol. The molecule has 0 saturated carbocycles. The number of rotatable bonds is 5. The van der Waals surface area contributed by atoms with Gasteiger partial charge >= 0.3 is 6.18 Å². The van der Waals surface area contributed by atoms with Crippen LogP contribution in [0.1, 0.15) is 32.7 Å². The van der Waals surface area contributed by atoms with Crippen LogP contribution in [-0.4, -0.2) is 51.4 Å². The summed E-state index contributed by atoms with van der Waals surface area (Å²) in [5, 5.41) is 5.79. The van der Waals surface area contributed by atoms with Gasteiger partial charge in [-0.25, -0.2) is 9.97 Å². The fraction of sp³-hybridized carbons (Fsp3) is 0.182. The molecule has 2 aromatic carbocycles. The van der Waals surface area contributed by atoms with Crippen molar-refractivity contribution in [3.8, 4) is 23.0 Å². The molecule has 7 nitrogen and oxygen atoms in total. The van der Waals surface area contributed by atoms with Crippen LogP contribution in [0.3, 0.4) is 0 Å². The predicted molar refractivity (Wildman–Crippen MR) is 158 cm³/mol. The Kier molecular flexibility index (Phi) is 7.92. The Morgan fingerprint density at radius 1 is 0.930 bits per heavy atom. The number of amides is 1. The van der Waals surface area contributed by atoms with Gasteiger partial charge in [-0.1, -0.05) is 42.3 Å². The highest BCUT2D eigenvalue weighted by atomic mass is 19.4. The number of benzene rings is 2. The molecule has 0 bridgehead atoms. The molecule has 1 saturated heterocycles. The Labute approximate surface area is 246 Å². The van der Waals surface area contributed by atoms with E-state index < -0.39 is 17.6 Å². The number of carbonyl (C=O) groups is 1. The molecule has 216 valence electrons. The van der Waals surface area contributed by atoms with Crippen LogP contribution in [0, 0.1) is 11.8 Å². The van der Waals surface area contributed by atoms with Gasteiger partial charge in [-0.15, -0.1) is 0 Å². The number of halogens is 3. The normalized spacial score (nSPS) is 13.8. The van der Waals surface area contributed by atoms with Crippen molar-refractivity contribution < 1.29 is 18.0 Å². The maximum Gasteiger partial charge on any atom is 0.416 e. The summed E-state index contributed by atoms with van der Waals surface area (Å²) in [5.74, 6) is 5.64. The molecule has 0 spiro atoms. The van der Waals surface area contributed by atoms with E-state index in [0.29, 0.717) is 24.3 Å². The molecule has 0 atom stereocenters. The number of nitrogens with one attached hydrogen (secondary N) is 2. The maximum atomic E-state index is 13.9. The Morgan fingerprint density at radius 3 is 2.53 bits per heavy atom. The number of piperazine rings is 1. The number of anilines is 1. The van der Waals surface area contributed by atoms with Gasteiger partial charge in [-0.2, -0.15) is 13.2 Å². The molecule has 4 heterocycles. The van der Waals surface area contributed by atoms with Crippen LogP contribution < -0.4 is 10.6 Å². The van der Waals surface area contributed by atoms with E-state index >= 15 is 0 Å². The standard InChI is InChI=1S/C33H27F3N6O/c34-33(35,36)29-19-26(7-8-27(29)22-41-16-13-37-14-17-41)32(43)40-30-18-23(10-12-38-30)6-9-28-21-39-31-20-25(11-15-42(28)31)24-4-2-1-3-5-24/h1-5,7-8,10-12,15,18-21,37H,13-14,16-17,22H2,(H,38,40,43). The quantitative estimate of drug-likeness (QED) is 0.270. The number of alkyl halides is 3. The van der Waals surface area contributed by atoms with E-state index in [0.717, 1.165) is 35.9 Å².